The summed E-state index contributed by atoms with van der Waals surface area (Å²) in [6, 6.07) is 21.2. The number of halogens is 1. The molecular weight excluding hydrogens is 535 g/mol. The minimum Gasteiger partial charge on any atom is -0.372 e. The molecule has 5 heteroatoms. The van der Waals surface area contributed by atoms with Gasteiger partial charge >= 0.3 is 5.69 Å². The fourth-order valence-electron chi connectivity index (χ4n) is 5.51. The van der Waals surface area contributed by atoms with Crippen LogP contribution in [0.2, 0.25) is 0 Å². The lowest BCUT2D eigenvalue weighted by Gasteiger charge is -2.25. The Balaban J connectivity index is 1.57. The maximum absolute atomic E-state index is 13.9. The lowest BCUT2D eigenvalue weighted by molar-refractivity contribution is -0.387. The number of nitro benzene ring substituents is 1. The molecule has 0 radical (unpaired) electrons. The minimum atomic E-state index is -0.825. The highest BCUT2D eigenvalue weighted by atomic mass is 19.1. The van der Waals surface area contributed by atoms with Gasteiger partial charge in [0.05, 0.1) is 4.92 Å². The molecule has 4 nitrogen and oxygen atoms in total. The maximum atomic E-state index is 13.9. The third-order valence-electron chi connectivity index (χ3n) is 8.18. The van der Waals surface area contributed by atoms with Gasteiger partial charge in [-0.3, -0.25) is 10.1 Å². The van der Waals surface area contributed by atoms with Crippen molar-refractivity contribution < 1.29 is 9.31 Å². The van der Waals surface area contributed by atoms with Crippen LogP contribution >= 0.6 is 0 Å². The molecule has 0 saturated heterocycles. The van der Waals surface area contributed by atoms with Crippen LogP contribution in [-0.4, -0.2) is 18.0 Å². The van der Waals surface area contributed by atoms with Crippen molar-refractivity contribution in [1.29, 1.82) is 0 Å². The molecule has 0 unspecified atom stereocenters. The molecule has 0 amide bonds. The van der Waals surface area contributed by atoms with Gasteiger partial charge in [0.15, 0.2) is 0 Å². The molecular formula is C38H51FN2O2. The molecule has 0 aromatic heterocycles. The molecule has 43 heavy (non-hydrogen) atoms. The Morgan fingerprint density at radius 2 is 1.07 bits per heavy atom. The van der Waals surface area contributed by atoms with E-state index in [-0.39, 0.29) is 0 Å². The van der Waals surface area contributed by atoms with Crippen LogP contribution < -0.4 is 4.90 Å². The number of nitro groups is 1. The van der Waals surface area contributed by atoms with Gasteiger partial charge in [-0.1, -0.05) is 139 Å². The number of rotatable bonds is 21. The third kappa shape index (κ3) is 12.3. The average molecular weight is 587 g/mol. The van der Waals surface area contributed by atoms with E-state index >= 15 is 0 Å². The quantitative estimate of drug-likeness (QED) is 0.0540. The molecule has 0 aliphatic heterocycles. The van der Waals surface area contributed by atoms with Crippen molar-refractivity contribution in [2.75, 3.05) is 18.0 Å². The Bertz CT molecular complexity index is 1220. The van der Waals surface area contributed by atoms with E-state index < -0.39 is 16.4 Å². The first kappa shape index (κ1) is 34.0. The zero-order chi connectivity index (χ0) is 30.7. The SMILES string of the molecule is CCCCCCCCCN(CCCCCCCCC)c1ccc(-c2ccc(C=Cc3ccc([N+](=O)[O-])c(F)c3)cc2)cc1. The zero-order valence-corrected chi connectivity index (χ0v) is 26.4. The summed E-state index contributed by atoms with van der Waals surface area (Å²) in [7, 11) is 0. The first-order valence-corrected chi connectivity index (χ1v) is 16.6. The Morgan fingerprint density at radius 1 is 0.628 bits per heavy atom. The van der Waals surface area contributed by atoms with Crippen LogP contribution in [0.1, 0.15) is 115 Å². The largest absolute Gasteiger partial charge is 0.372 e. The van der Waals surface area contributed by atoms with Crippen molar-refractivity contribution in [3.8, 4) is 11.1 Å². The lowest BCUT2D eigenvalue weighted by atomic mass is 10.0. The summed E-state index contributed by atoms with van der Waals surface area (Å²) < 4.78 is 13.9. The van der Waals surface area contributed by atoms with E-state index in [9.17, 15) is 14.5 Å². The smallest absolute Gasteiger partial charge is 0.304 e. The number of benzene rings is 3. The van der Waals surface area contributed by atoms with Crippen molar-refractivity contribution in [3.05, 3.63) is 93.8 Å². The molecule has 0 fully saturated rings. The zero-order valence-electron chi connectivity index (χ0n) is 26.4. The Morgan fingerprint density at radius 3 is 1.56 bits per heavy atom. The van der Waals surface area contributed by atoms with Gasteiger partial charge in [0.1, 0.15) is 0 Å². The van der Waals surface area contributed by atoms with Crippen molar-refractivity contribution in [2.45, 2.75) is 104 Å². The standard InChI is InChI=1S/C38H51FN2O2/c1-3-5-7-9-11-13-15-29-40(30-16-14-12-10-8-6-4-2)36-26-24-35(25-27-36)34-22-19-32(20-23-34)17-18-33-21-28-38(41(42)43)37(39)31-33/h17-28,31H,3-16,29-30H2,1-2H3. The van der Waals surface area contributed by atoms with Gasteiger partial charge in [-0.25, -0.2) is 0 Å². The molecule has 0 atom stereocenters. The van der Waals surface area contributed by atoms with Crippen LogP contribution in [0.5, 0.6) is 0 Å². The first-order valence-electron chi connectivity index (χ1n) is 16.6. The molecule has 0 bridgehead atoms. The first-order chi connectivity index (χ1) is 21.0. The van der Waals surface area contributed by atoms with E-state index in [0.717, 1.165) is 24.2 Å². The van der Waals surface area contributed by atoms with Crippen LogP contribution in [0.3, 0.4) is 0 Å². The topological polar surface area (TPSA) is 46.4 Å². The average Bonchev–Trinajstić information content (AvgIpc) is 3.02. The summed E-state index contributed by atoms with van der Waals surface area (Å²) >= 11 is 0. The van der Waals surface area contributed by atoms with E-state index in [4.69, 9.17) is 0 Å². The normalized spacial score (nSPS) is 11.3. The molecule has 0 N–H and O–H groups in total. The molecule has 232 valence electrons. The minimum absolute atomic E-state index is 0.508. The highest BCUT2D eigenvalue weighted by Crippen LogP contribution is 2.26. The number of anilines is 1. The number of hydrogen-bond acceptors (Lipinski definition) is 3. The number of unbranched alkanes of at least 4 members (excludes halogenated alkanes) is 12. The van der Waals surface area contributed by atoms with Gasteiger partial charge in [-0.05, 0) is 59.4 Å². The summed E-state index contributed by atoms with van der Waals surface area (Å²) in [4.78, 5) is 12.7. The highest BCUT2D eigenvalue weighted by molar-refractivity contribution is 5.73. The van der Waals surface area contributed by atoms with Crippen LogP contribution in [-0.2, 0) is 0 Å². The van der Waals surface area contributed by atoms with Gasteiger partial charge in [-0.2, -0.15) is 4.39 Å². The van der Waals surface area contributed by atoms with E-state index in [1.54, 1.807) is 12.1 Å². The molecule has 0 spiro atoms. The predicted octanol–water partition coefficient (Wildman–Crippen LogP) is 11.9. The maximum Gasteiger partial charge on any atom is 0.304 e. The fourth-order valence-corrected chi connectivity index (χ4v) is 5.51. The second-order valence-electron chi connectivity index (χ2n) is 11.7. The van der Waals surface area contributed by atoms with Crippen LogP contribution in [0.4, 0.5) is 15.8 Å². The van der Waals surface area contributed by atoms with Gasteiger partial charge in [0, 0.05) is 24.8 Å². The fraction of sp³-hybridized carbons (Fsp3) is 0.474. The van der Waals surface area contributed by atoms with E-state index in [0.29, 0.717) is 5.56 Å². The monoisotopic (exact) mass is 586 g/mol. The summed E-state index contributed by atoms with van der Waals surface area (Å²) in [5, 5.41) is 10.8. The summed E-state index contributed by atoms with van der Waals surface area (Å²) in [5.41, 5.74) is 4.70. The van der Waals surface area contributed by atoms with Crippen molar-refractivity contribution >= 4 is 23.5 Å². The van der Waals surface area contributed by atoms with Crippen molar-refractivity contribution in [2.24, 2.45) is 0 Å². The highest BCUT2D eigenvalue weighted by Gasteiger charge is 2.13. The van der Waals surface area contributed by atoms with Crippen molar-refractivity contribution in [3.63, 3.8) is 0 Å². The van der Waals surface area contributed by atoms with Gasteiger partial charge in [-0.15, -0.1) is 0 Å². The molecule has 3 aromatic carbocycles. The van der Waals surface area contributed by atoms with E-state index in [1.807, 2.05) is 18.2 Å². The van der Waals surface area contributed by atoms with Crippen molar-refractivity contribution in [1.82, 2.24) is 0 Å². The van der Waals surface area contributed by atoms with Crippen LogP contribution in [0, 0.1) is 15.9 Å². The Labute approximate surface area is 259 Å². The van der Waals surface area contributed by atoms with Gasteiger partial charge < -0.3 is 4.90 Å². The Hall–Kier alpha value is -3.47. The molecule has 3 aromatic rings. The molecule has 0 heterocycles. The van der Waals surface area contributed by atoms with Crippen LogP contribution in [0.15, 0.2) is 66.7 Å². The molecule has 3 rings (SSSR count). The number of nitrogens with zero attached hydrogens (tertiary/aromatic N) is 2. The number of hydrogen-bond donors (Lipinski definition) is 0. The summed E-state index contributed by atoms with van der Waals surface area (Å²) in [6.45, 7) is 6.80. The van der Waals surface area contributed by atoms with Crippen LogP contribution in [0.25, 0.3) is 23.3 Å². The summed E-state index contributed by atoms with van der Waals surface area (Å²) in [5.74, 6) is -0.825. The van der Waals surface area contributed by atoms with Gasteiger partial charge in [0.25, 0.3) is 0 Å². The molecule has 0 aliphatic carbocycles. The van der Waals surface area contributed by atoms with E-state index in [1.165, 1.54) is 113 Å². The predicted molar refractivity (Wildman–Crippen MR) is 182 cm³/mol. The summed E-state index contributed by atoms with van der Waals surface area (Å²) in [6.07, 6.45) is 22.3. The molecule has 0 saturated carbocycles. The van der Waals surface area contributed by atoms with Gasteiger partial charge in [0.2, 0.25) is 5.82 Å². The van der Waals surface area contributed by atoms with E-state index in [2.05, 4.69) is 55.1 Å². The molecule has 0 aliphatic rings. The second-order valence-corrected chi connectivity index (χ2v) is 11.7. The lowest BCUT2D eigenvalue weighted by Crippen LogP contribution is -2.25. The third-order valence-corrected chi connectivity index (χ3v) is 8.18. The Kier molecular flexibility index (Phi) is 15.6. The second kappa shape index (κ2) is 19.7.